The number of oxime groups is 1. The molecule has 0 saturated heterocycles. The van der Waals surface area contributed by atoms with Crippen molar-refractivity contribution in [3.8, 4) is 5.75 Å². The van der Waals surface area contributed by atoms with E-state index < -0.39 is 0 Å². The topological polar surface area (TPSA) is 100 Å². The van der Waals surface area contributed by atoms with Gasteiger partial charge in [-0.2, -0.15) is 11.8 Å². The van der Waals surface area contributed by atoms with Crippen molar-refractivity contribution in [2.45, 2.75) is 6.42 Å². The summed E-state index contributed by atoms with van der Waals surface area (Å²) < 4.78 is 5.57. The number of nitrogens with one attached hydrogen (secondary N) is 1. The van der Waals surface area contributed by atoms with Crippen molar-refractivity contribution in [2.24, 2.45) is 10.9 Å². The summed E-state index contributed by atoms with van der Waals surface area (Å²) in [6.45, 7) is 2.57. The molecule has 7 heteroatoms. The Morgan fingerprint density at radius 2 is 2.00 bits per heavy atom. The third kappa shape index (κ3) is 7.79. The fourth-order valence-electron chi connectivity index (χ4n) is 1.56. The normalized spacial score (nSPS) is 11.6. The van der Waals surface area contributed by atoms with Gasteiger partial charge < -0.3 is 26.1 Å². The number of benzene rings is 1. The Hall–Kier alpha value is -1.44. The predicted octanol–water partition coefficient (Wildman–Crippen LogP) is 0.865. The molecule has 0 aliphatic carbocycles. The molecule has 6 nitrogen and oxygen atoms in total. The molecule has 0 heterocycles. The molecule has 0 aliphatic rings. The van der Waals surface area contributed by atoms with Gasteiger partial charge in [-0.15, -0.1) is 0 Å². The van der Waals surface area contributed by atoms with Crippen molar-refractivity contribution >= 4 is 17.6 Å². The molecule has 0 aliphatic heterocycles. The van der Waals surface area contributed by atoms with E-state index in [1.165, 1.54) is 0 Å². The van der Waals surface area contributed by atoms with Gasteiger partial charge in [0, 0.05) is 31.0 Å². The number of amidine groups is 1. The number of nitrogens with two attached hydrogens (primary N) is 1. The van der Waals surface area contributed by atoms with E-state index in [1.54, 1.807) is 24.3 Å². The van der Waals surface area contributed by atoms with E-state index in [2.05, 4.69) is 10.5 Å². The molecule has 118 valence electrons. The van der Waals surface area contributed by atoms with Gasteiger partial charge in [-0.25, -0.2) is 0 Å². The fraction of sp³-hybridized carbons (Fsp3) is 0.500. The van der Waals surface area contributed by atoms with Crippen molar-refractivity contribution in [1.29, 1.82) is 0 Å². The molecular weight excluding hydrogens is 290 g/mol. The molecule has 1 aromatic carbocycles. The Morgan fingerprint density at radius 3 is 2.67 bits per heavy atom. The van der Waals surface area contributed by atoms with Gasteiger partial charge in [0.15, 0.2) is 5.84 Å². The Kier molecular flexibility index (Phi) is 9.43. The van der Waals surface area contributed by atoms with Gasteiger partial charge in [-0.3, -0.25) is 0 Å². The van der Waals surface area contributed by atoms with Crippen LogP contribution < -0.4 is 15.8 Å². The Labute approximate surface area is 129 Å². The summed E-state index contributed by atoms with van der Waals surface area (Å²) in [7, 11) is 0. The first-order valence-corrected chi connectivity index (χ1v) is 8.03. The van der Waals surface area contributed by atoms with Crippen LogP contribution in [0.2, 0.25) is 0 Å². The van der Waals surface area contributed by atoms with Crippen molar-refractivity contribution in [3.63, 3.8) is 0 Å². The second-order valence-electron chi connectivity index (χ2n) is 4.30. The lowest BCUT2D eigenvalue weighted by Gasteiger charge is -2.08. The van der Waals surface area contributed by atoms with Crippen LogP contribution in [0, 0.1) is 0 Å². The van der Waals surface area contributed by atoms with Gasteiger partial charge in [0.25, 0.3) is 0 Å². The number of hydrogen-bond acceptors (Lipinski definition) is 6. The van der Waals surface area contributed by atoms with E-state index in [1.807, 2.05) is 11.8 Å². The zero-order chi connectivity index (χ0) is 15.3. The summed E-state index contributed by atoms with van der Waals surface area (Å²) >= 11 is 1.83. The first kappa shape index (κ1) is 17.6. The van der Waals surface area contributed by atoms with Gasteiger partial charge in [-0.1, -0.05) is 5.16 Å². The molecule has 0 saturated carbocycles. The number of thioether (sulfide) groups is 1. The lowest BCUT2D eigenvalue weighted by Crippen LogP contribution is -2.23. The van der Waals surface area contributed by atoms with Crippen molar-refractivity contribution < 1.29 is 15.1 Å². The maximum absolute atomic E-state index is 8.64. The highest BCUT2D eigenvalue weighted by molar-refractivity contribution is 7.99. The fourth-order valence-corrected chi connectivity index (χ4v) is 2.38. The van der Waals surface area contributed by atoms with Gasteiger partial charge >= 0.3 is 0 Å². The lowest BCUT2D eigenvalue weighted by molar-refractivity contribution is 0.296. The minimum atomic E-state index is 0.0851. The number of hydrogen-bond donors (Lipinski definition) is 4. The molecule has 0 amide bonds. The minimum absolute atomic E-state index is 0.0851. The molecular formula is C14H23N3O3S. The van der Waals surface area contributed by atoms with E-state index >= 15 is 0 Å². The first-order chi connectivity index (χ1) is 10.3. The van der Waals surface area contributed by atoms with Gasteiger partial charge in [-0.05, 0) is 36.4 Å². The molecule has 0 radical (unpaired) electrons. The quantitative estimate of drug-likeness (QED) is 0.159. The number of aliphatic hydroxyl groups is 1. The maximum Gasteiger partial charge on any atom is 0.170 e. The average Bonchev–Trinajstić information content (AvgIpc) is 2.53. The van der Waals surface area contributed by atoms with Crippen LogP contribution in [0.15, 0.2) is 29.4 Å². The van der Waals surface area contributed by atoms with Crippen molar-refractivity contribution in [1.82, 2.24) is 5.32 Å². The Morgan fingerprint density at radius 1 is 1.24 bits per heavy atom. The zero-order valence-corrected chi connectivity index (χ0v) is 12.8. The number of ether oxygens (including phenoxy) is 1. The minimum Gasteiger partial charge on any atom is -0.492 e. The molecule has 0 atom stereocenters. The second kappa shape index (κ2) is 11.2. The highest BCUT2D eigenvalue weighted by Gasteiger charge is 1.99. The van der Waals surface area contributed by atoms with Crippen molar-refractivity contribution in [2.75, 3.05) is 37.8 Å². The van der Waals surface area contributed by atoms with E-state index in [9.17, 15) is 0 Å². The smallest absolute Gasteiger partial charge is 0.170 e. The highest BCUT2D eigenvalue weighted by Crippen LogP contribution is 2.11. The second-order valence-corrected chi connectivity index (χ2v) is 5.52. The van der Waals surface area contributed by atoms with E-state index in [4.69, 9.17) is 20.8 Å². The van der Waals surface area contributed by atoms with Gasteiger partial charge in [0.2, 0.25) is 0 Å². The van der Waals surface area contributed by atoms with Crippen LogP contribution in [0.1, 0.15) is 12.0 Å². The summed E-state index contributed by atoms with van der Waals surface area (Å²) in [5.74, 6) is 2.88. The van der Waals surface area contributed by atoms with Crippen LogP contribution in [0.25, 0.3) is 0 Å². The highest BCUT2D eigenvalue weighted by atomic mass is 32.2. The SMILES string of the molecule is N/C(=N/O)c1ccc(OCCNCCSCCCO)cc1. The summed E-state index contributed by atoms with van der Waals surface area (Å²) in [5.41, 5.74) is 6.13. The van der Waals surface area contributed by atoms with Gasteiger partial charge in [0.05, 0.1) is 0 Å². The van der Waals surface area contributed by atoms with E-state index in [-0.39, 0.29) is 12.4 Å². The average molecular weight is 313 g/mol. The zero-order valence-electron chi connectivity index (χ0n) is 12.0. The number of nitrogens with zero attached hydrogens (tertiary/aromatic N) is 1. The summed E-state index contributed by atoms with van der Waals surface area (Å²) in [4.78, 5) is 0. The first-order valence-electron chi connectivity index (χ1n) is 6.88. The van der Waals surface area contributed by atoms with Crippen LogP contribution in [-0.2, 0) is 0 Å². The summed E-state index contributed by atoms with van der Waals surface area (Å²) in [6, 6.07) is 7.07. The number of aliphatic hydroxyl groups excluding tert-OH is 1. The van der Waals surface area contributed by atoms with E-state index in [0.717, 1.165) is 36.8 Å². The third-order valence-electron chi connectivity index (χ3n) is 2.68. The molecule has 0 fully saturated rings. The molecule has 0 bridgehead atoms. The number of rotatable bonds is 11. The van der Waals surface area contributed by atoms with Crippen molar-refractivity contribution in [3.05, 3.63) is 29.8 Å². The Bertz CT molecular complexity index is 412. The molecule has 5 N–H and O–H groups in total. The Balaban J connectivity index is 2.08. The molecule has 0 aromatic heterocycles. The summed E-state index contributed by atoms with van der Waals surface area (Å²) in [6.07, 6.45) is 0.856. The van der Waals surface area contributed by atoms with Crippen LogP contribution >= 0.6 is 11.8 Å². The van der Waals surface area contributed by atoms with Crippen LogP contribution in [-0.4, -0.2) is 54.0 Å². The van der Waals surface area contributed by atoms with E-state index in [0.29, 0.717) is 12.2 Å². The molecule has 21 heavy (non-hydrogen) atoms. The van der Waals surface area contributed by atoms with Gasteiger partial charge in [0.1, 0.15) is 12.4 Å². The predicted molar refractivity (Wildman–Crippen MR) is 86.3 cm³/mol. The van der Waals surface area contributed by atoms with Crippen LogP contribution in [0.4, 0.5) is 0 Å². The molecule has 0 spiro atoms. The monoisotopic (exact) mass is 313 g/mol. The molecule has 1 rings (SSSR count). The largest absolute Gasteiger partial charge is 0.492 e. The standard InChI is InChI=1S/C14H23N3O3S/c15-14(17-19)12-2-4-13(5-3-12)20-9-6-16-7-11-21-10-1-8-18/h2-5,16,18-19H,1,6-11H2,(H2,15,17). The maximum atomic E-state index is 8.64. The third-order valence-corrected chi connectivity index (χ3v) is 3.75. The lowest BCUT2D eigenvalue weighted by atomic mass is 10.2. The summed E-state index contributed by atoms with van der Waals surface area (Å²) in [5, 5.41) is 23.4. The molecule has 1 aromatic rings. The van der Waals surface area contributed by atoms with Crippen LogP contribution in [0.5, 0.6) is 5.75 Å². The molecule has 0 unspecified atom stereocenters. The van der Waals surface area contributed by atoms with Crippen LogP contribution in [0.3, 0.4) is 0 Å².